The van der Waals surface area contributed by atoms with Crippen molar-refractivity contribution in [1.29, 1.82) is 5.26 Å². The molecule has 3 unspecified atom stereocenters. The topological polar surface area (TPSA) is 122 Å². The molecule has 13 heteroatoms. The molecule has 0 bridgehead atoms. The van der Waals surface area contributed by atoms with Gasteiger partial charge in [-0.1, -0.05) is 12.1 Å². The highest BCUT2D eigenvalue weighted by Crippen LogP contribution is 2.45. The van der Waals surface area contributed by atoms with Gasteiger partial charge in [-0.15, -0.1) is 0 Å². The molecule has 1 aromatic carbocycles. The summed E-state index contributed by atoms with van der Waals surface area (Å²) in [6.45, 7) is 7.08. The van der Waals surface area contributed by atoms with Crippen molar-refractivity contribution in [3.05, 3.63) is 29.8 Å². The quantitative estimate of drug-likeness (QED) is 0.398. The summed E-state index contributed by atoms with van der Waals surface area (Å²) in [7, 11) is 0. The van der Waals surface area contributed by atoms with Crippen molar-refractivity contribution in [1.82, 2.24) is 26.0 Å². The third-order valence-corrected chi connectivity index (χ3v) is 9.28. The van der Waals surface area contributed by atoms with Crippen molar-refractivity contribution in [2.24, 2.45) is 5.92 Å². The van der Waals surface area contributed by atoms with Crippen LogP contribution in [0.15, 0.2) is 24.3 Å². The van der Waals surface area contributed by atoms with Crippen molar-refractivity contribution in [3.8, 4) is 6.07 Å². The molecule has 43 heavy (non-hydrogen) atoms. The number of hydrazine groups is 1. The number of hydrogen-bond acceptors (Lipinski definition) is 8. The van der Waals surface area contributed by atoms with Crippen LogP contribution < -0.4 is 21.4 Å². The van der Waals surface area contributed by atoms with Gasteiger partial charge in [-0.2, -0.15) is 18.4 Å². The number of piperidine rings is 3. The van der Waals surface area contributed by atoms with Crippen LogP contribution in [-0.2, 0) is 15.1 Å². The van der Waals surface area contributed by atoms with Crippen LogP contribution in [0.5, 0.6) is 0 Å². The summed E-state index contributed by atoms with van der Waals surface area (Å²) in [4.78, 5) is 27.5. The van der Waals surface area contributed by atoms with E-state index in [-0.39, 0.29) is 36.4 Å². The molecule has 4 N–H and O–H groups in total. The lowest BCUT2D eigenvalue weighted by Crippen LogP contribution is -2.62. The maximum atomic E-state index is 14.2. The molecular weight excluding hydrogens is 563 g/mol. The molecule has 10 nitrogen and oxygen atoms in total. The van der Waals surface area contributed by atoms with Gasteiger partial charge < -0.3 is 20.3 Å². The van der Waals surface area contributed by atoms with E-state index in [0.717, 1.165) is 0 Å². The van der Waals surface area contributed by atoms with E-state index in [9.17, 15) is 28.0 Å². The zero-order chi connectivity index (χ0) is 31.0. The number of nitrogens with zero attached hydrogens (tertiary/aromatic N) is 3. The van der Waals surface area contributed by atoms with Gasteiger partial charge >= 0.3 is 12.3 Å². The molecule has 2 amide bonds. The van der Waals surface area contributed by atoms with Gasteiger partial charge in [0.2, 0.25) is 5.91 Å². The molecule has 4 heterocycles. The first kappa shape index (κ1) is 31.3. The van der Waals surface area contributed by atoms with E-state index < -0.39 is 34.9 Å². The summed E-state index contributed by atoms with van der Waals surface area (Å²) < 4.78 is 48.2. The number of amides is 2. The first-order valence-corrected chi connectivity index (χ1v) is 15.2. The van der Waals surface area contributed by atoms with E-state index in [1.807, 2.05) is 20.8 Å². The van der Waals surface area contributed by atoms with Crippen LogP contribution >= 0.6 is 0 Å². The molecule has 4 aliphatic rings. The lowest BCUT2D eigenvalue weighted by atomic mass is 9.81. The zero-order valence-electron chi connectivity index (χ0n) is 25.0. The fourth-order valence-corrected chi connectivity index (χ4v) is 7.09. The van der Waals surface area contributed by atoms with E-state index in [4.69, 9.17) is 4.74 Å². The standard InChI is InChI=1S/C30H42F3N7O3/c1-27(2,3)43-26(42)39-18-13-28(12-15-34,14-19-39)40-22-10-17-35-25(41)23(22)24(38-40)37-21-8-6-20(7-9-21)29(30(31,32)33)11-4-5-16-36-29/h6-9,22-24,36-38H,4-5,10-14,16-19H2,1-3H3,(H,35,41)/t22?,23?,24?,29-/m1/s1. The molecule has 0 spiro atoms. The van der Waals surface area contributed by atoms with Gasteiger partial charge in [0, 0.05) is 31.4 Å². The SMILES string of the molecule is CC(C)(C)OC(=O)N1CCC(CC#N)(N2NC(Nc3ccc([C@@]4(C(F)(F)F)CCCCN4)cc3)C3C(=O)NCCC32)CC1. The summed E-state index contributed by atoms with van der Waals surface area (Å²) in [5, 5.41) is 20.9. The summed E-state index contributed by atoms with van der Waals surface area (Å²) in [5.41, 5.74) is 0.940. The minimum Gasteiger partial charge on any atom is -0.444 e. The number of nitrogens with one attached hydrogen (secondary N) is 4. The minimum atomic E-state index is -4.43. The number of nitriles is 1. The average Bonchev–Trinajstić information content (AvgIpc) is 3.33. The number of rotatable bonds is 5. The molecule has 4 saturated heterocycles. The van der Waals surface area contributed by atoms with Gasteiger partial charge in [0.1, 0.15) is 17.3 Å². The van der Waals surface area contributed by atoms with E-state index in [2.05, 4.69) is 32.5 Å². The number of alkyl halides is 3. The number of likely N-dealkylation sites (tertiary alicyclic amines) is 1. The Labute approximate surface area is 250 Å². The van der Waals surface area contributed by atoms with Crippen molar-refractivity contribution >= 4 is 17.7 Å². The minimum absolute atomic E-state index is 0.0152. The van der Waals surface area contributed by atoms with Crippen LogP contribution in [0, 0.1) is 17.2 Å². The fraction of sp³-hybridized carbons (Fsp3) is 0.700. The van der Waals surface area contributed by atoms with Gasteiger partial charge in [0.15, 0.2) is 0 Å². The Balaban J connectivity index is 1.35. The fourth-order valence-electron chi connectivity index (χ4n) is 7.09. The largest absolute Gasteiger partial charge is 0.444 e. The van der Waals surface area contributed by atoms with Crippen LogP contribution in [0.3, 0.4) is 0 Å². The number of ether oxygens (including phenoxy) is 1. The molecular formula is C30H42F3N7O3. The van der Waals surface area contributed by atoms with Crippen molar-refractivity contribution in [2.75, 3.05) is 31.5 Å². The molecule has 236 valence electrons. The average molecular weight is 606 g/mol. The van der Waals surface area contributed by atoms with Crippen LogP contribution in [0.4, 0.5) is 23.7 Å². The molecule has 1 aromatic rings. The Morgan fingerprint density at radius 1 is 1.12 bits per heavy atom. The molecule has 4 fully saturated rings. The maximum Gasteiger partial charge on any atom is 0.410 e. The maximum absolute atomic E-state index is 14.2. The molecule has 0 radical (unpaired) electrons. The van der Waals surface area contributed by atoms with Gasteiger partial charge in [0.25, 0.3) is 0 Å². The van der Waals surface area contributed by atoms with E-state index in [1.54, 1.807) is 17.0 Å². The number of halogens is 3. The van der Waals surface area contributed by atoms with Crippen LogP contribution in [0.2, 0.25) is 0 Å². The molecule has 4 aliphatic heterocycles. The monoisotopic (exact) mass is 605 g/mol. The highest BCUT2D eigenvalue weighted by atomic mass is 19.4. The number of benzene rings is 1. The number of carbonyl (C=O) groups is 2. The number of anilines is 1. The first-order valence-electron chi connectivity index (χ1n) is 15.2. The number of carbonyl (C=O) groups excluding carboxylic acids is 2. The van der Waals surface area contributed by atoms with Crippen LogP contribution in [0.25, 0.3) is 0 Å². The molecule has 0 aromatic heterocycles. The summed E-state index contributed by atoms with van der Waals surface area (Å²) in [5.74, 6) is -0.615. The second kappa shape index (κ2) is 11.8. The lowest BCUT2D eigenvalue weighted by Gasteiger charge is -2.48. The van der Waals surface area contributed by atoms with Gasteiger partial charge in [0.05, 0.1) is 23.9 Å². The summed E-state index contributed by atoms with van der Waals surface area (Å²) in [6, 6.07) is 8.39. The van der Waals surface area contributed by atoms with Crippen molar-refractivity contribution < 1.29 is 27.5 Å². The molecule has 0 saturated carbocycles. The predicted octanol–water partition coefficient (Wildman–Crippen LogP) is 3.96. The van der Waals surface area contributed by atoms with E-state index in [0.29, 0.717) is 64.0 Å². The second-order valence-corrected chi connectivity index (χ2v) is 13.2. The molecule has 4 atom stereocenters. The smallest absolute Gasteiger partial charge is 0.410 e. The van der Waals surface area contributed by atoms with Crippen LogP contribution in [0.1, 0.15) is 71.3 Å². The predicted molar refractivity (Wildman–Crippen MR) is 153 cm³/mol. The third kappa shape index (κ3) is 6.14. The van der Waals surface area contributed by atoms with Crippen LogP contribution in [-0.4, -0.2) is 77.6 Å². The summed E-state index contributed by atoms with van der Waals surface area (Å²) >= 11 is 0. The first-order chi connectivity index (χ1) is 20.3. The Hall–Kier alpha value is -3.08. The normalized spacial score (nSPS) is 29.7. The Morgan fingerprint density at radius 2 is 1.81 bits per heavy atom. The highest BCUT2D eigenvalue weighted by molar-refractivity contribution is 5.82. The Morgan fingerprint density at radius 3 is 2.40 bits per heavy atom. The van der Waals surface area contributed by atoms with Crippen molar-refractivity contribution in [3.63, 3.8) is 0 Å². The number of hydrogen-bond donors (Lipinski definition) is 4. The Bertz CT molecular complexity index is 1210. The van der Waals surface area contributed by atoms with Gasteiger partial charge in [-0.05, 0) is 83.5 Å². The third-order valence-electron chi connectivity index (χ3n) is 9.28. The number of fused-ring (bicyclic) bond motifs is 1. The summed E-state index contributed by atoms with van der Waals surface area (Å²) in [6.07, 6.45) is -2.26. The zero-order valence-corrected chi connectivity index (χ0v) is 25.0. The Kier molecular flexibility index (Phi) is 8.59. The second-order valence-electron chi connectivity index (χ2n) is 13.2. The van der Waals surface area contributed by atoms with E-state index >= 15 is 0 Å². The van der Waals surface area contributed by atoms with Gasteiger partial charge in [-0.3, -0.25) is 10.1 Å². The lowest BCUT2D eigenvalue weighted by molar-refractivity contribution is -0.207. The highest BCUT2D eigenvalue weighted by Gasteiger charge is 2.57. The molecule has 5 rings (SSSR count). The van der Waals surface area contributed by atoms with E-state index in [1.165, 1.54) is 12.1 Å². The van der Waals surface area contributed by atoms with Gasteiger partial charge in [-0.25, -0.2) is 15.2 Å². The molecule has 0 aliphatic carbocycles. The van der Waals surface area contributed by atoms with Crippen molar-refractivity contribution in [2.45, 2.75) is 101 Å².